The molecule has 2 atom stereocenters. The first-order valence-electron chi connectivity index (χ1n) is 7.39. The molecule has 4 nitrogen and oxygen atoms in total. The normalized spacial score (nSPS) is 24.6. The van der Waals surface area contributed by atoms with E-state index in [0.29, 0.717) is 19.3 Å². The molecule has 21 heavy (non-hydrogen) atoms. The highest BCUT2D eigenvalue weighted by atomic mass is 16.5. The summed E-state index contributed by atoms with van der Waals surface area (Å²) in [6, 6.07) is 0. The van der Waals surface area contributed by atoms with Crippen LogP contribution in [-0.2, 0) is 19.1 Å². The van der Waals surface area contributed by atoms with Crippen molar-refractivity contribution < 1.29 is 19.1 Å². The molecular weight excluding hydrogens is 268 g/mol. The number of hydrogen-bond donors (Lipinski definition) is 0. The molecule has 2 unspecified atom stereocenters. The molecule has 0 radical (unpaired) electrons. The van der Waals surface area contributed by atoms with Gasteiger partial charge >= 0.3 is 5.97 Å². The second-order valence-corrected chi connectivity index (χ2v) is 5.49. The van der Waals surface area contributed by atoms with E-state index in [4.69, 9.17) is 4.74 Å². The maximum absolute atomic E-state index is 12.3. The molecule has 0 heterocycles. The zero-order chi connectivity index (χ0) is 15.9. The summed E-state index contributed by atoms with van der Waals surface area (Å²) < 4.78 is 4.84. The molecule has 0 bridgehead atoms. The van der Waals surface area contributed by atoms with Crippen molar-refractivity contribution >= 4 is 17.5 Å². The van der Waals surface area contributed by atoms with E-state index in [1.807, 2.05) is 0 Å². The third kappa shape index (κ3) is 3.69. The fourth-order valence-electron chi connectivity index (χ4n) is 3.06. The van der Waals surface area contributed by atoms with Gasteiger partial charge in [-0.05, 0) is 25.7 Å². The van der Waals surface area contributed by atoms with Gasteiger partial charge in [-0.25, -0.2) is 0 Å². The van der Waals surface area contributed by atoms with Crippen LogP contribution < -0.4 is 0 Å². The van der Waals surface area contributed by atoms with Crippen LogP contribution in [0.5, 0.6) is 0 Å². The van der Waals surface area contributed by atoms with Crippen molar-refractivity contribution in [2.75, 3.05) is 7.11 Å². The molecule has 4 heteroatoms. The predicted octanol–water partition coefficient (Wildman–Crippen LogP) is 3.02. The minimum atomic E-state index is -1.20. The molecular formula is C17H24O4. The number of allylic oxidation sites excluding steroid dienone is 2. The highest BCUT2D eigenvalue weighted by Gasteiger charge is 2.55. The van der Waals surface area contributed by atoms with Gasteiger partial charge in [-0.3, -0.25) is 14.4 Å². The molecule has 1 fully saturated rings. The van der Waals surface area contributed by atoms with Gasteiger partial charge in [-0.1, -0.05) is 12.2 Å². The Morgan fingerprint density at radius 1 is 1.38 bits per heavy atom. The number of unbranched alkanes of at least 4 members (excludes halogenated alkanes) is 1. The van der Waals surface area contributed by atoms with Gasteiger partial charge in [0.2, 0.25) is 0 Å². The number of Topliss-reactive ketones (excluding diaryl/α,β-unsaturated/α-hetero) is 2. The number of carbonyl (C=O) groups is 3. The topological polar surface area (TPSA) is 60.4 Å². The van der Waals surface area contributed by atoms with Crippen LogP contribution in [0.1, 0.15) is 44.9 Å². The smallest absolute Gasteiger partial charge is 0.319 e. The molecule has 1 aliphatic carbocycles. The van der Waals surface area contributed by atoms with Crippen molar-refractivity contribution in [3.05, 3.63) is 25.3 Å². The van der Waals surface area contributed by atoms with Gasteiger partial charge in [0, 0.05) is 25.2 Å². The number of methoxy groups -OCH3 is 1. The van der Waals surface area contributed by atoms with Crippen molar-refractivity contribution in [1.29, 1.82) is 0 Å². The number of carbonyl (C=O) groups excluding carboxylic acids is 3. The van der Waals surface area contributed by atoms with Gasteiger partial charge in [-0.2, -0.15) is 0 Å². The highest BCUT2D eigenvalue weighted by Crippen LogP contribution is 2.45. The molecule has 0 aromatic carbocycles. The summed E-state index contributed by atoms with van der Waals surface area (Å²) in [6.45, 7) is 7.34. The molecule has 0 saturated heterocycles. The molecule has 0 spiro atoms. The lowest BCUT2D eigenvalue weighted by Gasteiger charge is -2.29. The quantitative estimate of drug-likeness (QED) is 0.284. The van der Waals surface area contributed by atoms with Gasteiger partial charge in [0.25, 0.3) is 0 Å². The summed E-state index contributed by atoms with van der Waals surface area (Å²) in [5.41, 5.74) is -1.20. The van der Waals surface area contributed by atoms with E-state index in [1.165, 1.54) is 7.11 Å². The molecule has 116 valence electrons. The second-order valence-electron chi connectivity index (χ2n) is 5.49. The van der Waals surface area contributed by atoms with Gasteiger partial charge in [0.15, 0.2) is 5.78 Å². The summed E-state index contributed by atoms with van der Waals surface area (Å²) in [4.78, 5) is 36.3. The Bertz CT molecular complexity index is 438. The molecule has 0 aliphatic heterocycles. The number of ether oxygens (including phenoxy) is 1. The number of hydrogen-bond acceptors (Lipinski definition) is 4. The molecule has 1 aliphatic rings. The first-order valence-corrected chi connectivity index (χ1v) is 7.39. The van der Waals surface area contributed by atoms with Gasteiger partial charge < -0.3 is 4.74 Å². The Morgan fingerprint density at radius 3 is 2.67 bits per heavy atom. The minimum Gasteiger partial charge on any atom is -0.468 e. The fraction of sp³-hybridized carbons (Fsp3) is 0.588. The van der Waals surface area contributed by atoms with Crippen LogP contribution >= 0.6 is 0 Å². The van der Waals surface area contributed by atoms with Crippen molar-refractivity contribution in [3.63, 3.8) is 0 Å². The van der Waals surface area contributed by atoms with Crippen LogP contribution in [0.25, 0.3) is 0 Å². The lowest BCUT2D eigenvalue weighted by molar-refractivity contribution is -0.159. The molecule has 0 aromatic rings. The van der Waals surface area contributed by atoms with Crippen LogP contribution in [-0.4, -0.2) is 24.6 Å². The standard InChI is InChI=1S/C17H24O4/c1-4-6-7-8-14(18)11-12-17(16(20)21-3)13(5-2)9-10-15(17)19/h4-5,13H,1-2,6-12H2,3H3. The van der Waals surface area contributed by atoms with Crippen molar-refractivity contribution in [2.24, 2.45) is 11.3 Å². The molecule has 0 aromatic heterocycles. The number of rotatable bonds is 9. The summed E-state index contributed by atoms with van der Waals surface area (Å²) in [5.74, 6) is -0.826. The van der Waals surface area contributed by atoms with Crippen molar-refractivity contribution in [2.45, 2.75) is 44.9 Å². The van der Waals surface area contributed by atoms with Gasteiger partial charge in [0.1, 0.15) is 11.2 Å². The second kappa shape index (κ2) is 7.91. The maximum Gasteiger partial charge on any atom is 0.319 e. The maximum atomic E-state index is 12.3. The molecule has 0 amide bonds. The van der Waals surface area contributed by atoms with E-state index in [1.54, 1.807) is 12.2 Å². The van der Waals surface area contributed by atoms with Crippen LogP contribution in [0.3, 0.4) is 0 Å². The zero-order valence-corrected chi connectivity index (χ0v) is 12.7. The Balaban J connectivity index is 2.78. The highest BCUT2D eigenvalue weighted by molar-refractivity contribution is 6.06. The van der Waals surface area contributed by atoms with E-state index in [0.717, 1.165) is 12.8 Å². The molecule has 1 rings (SSSR count). The first-order chi connectivity index (χ1) is 10.0. The van der Waals surface area contributed by atoms with Crippen molar-refractivity contribution in [3.8, 4) is 0 Å². The fourth-order valence-corrected chi connectivity index (χ4v) is 3.06. The number of esters is 1. The zero-order valence-electron chi connectivity index (χ0n) is 12.7. The van der Waals surface area contributed by atoms with E-state index >= 15 is 0 Å². The van der Waals surface area contributed by atoms with Crippen LogP contribution in [0.2, 0.25) is 0 Å². The lowest BCUT2D eigenvalue weighted by Crippen LogP contribution is -2.41. The van der Waals surface area contributed by atoms with Crippen LogP contribution in [0.15, 0.2) is 25.3 Å². The van der Waals surface area contributed by atoms with E-state index < -0.39 is 11.4 Å². The summed E-state index contributed by atoms with van der Waals surface area (Å²) in [7, 11) is 1.28. The average Bonchev–Trinajstić information content (AvgIpc) is 2.81. The van der Waals surface area contributed by atoms with E-state index in [9.17, 15) is 14.4 Å². The Hall–Kier alpha value is -1.71. The average molecular weight is 292 g/mol. The third-order valence-corrected chi connectivity index (χ3v) is 4.31. The Labute approximate surface area is 126 Å². The monoisotopic (exact) mass is 292 g/mol. The third-order valence-electron chi connectivity index (χ3n) is 4.31. The SMILES string of the molecule is C=CCCCC(=O)CCC1(C(=O)OC)C(=O)CCC1C=C. The van der Waals surface area contributed by atoms with Gasteiger partial charge in [0.05, 0.1) is 7.11 Å². The van der Waals surface area contributed by atoms with E-state index in [2.05, 4.69) is 13.2 Å². The lowest BCUT2D eigenvalue weighted by atomic mass is 9.73. The van der Waals surface area contributed by atoms with Crippen LogP contribution in [0, 0.1) is 11.3 Å². The summed E-state index contributed by atoms with van der Waals surface area (Å²) in [5, 5.41) is 0. The van der Waals surface area contributed by atoms with Crippen molar-refractivity contribution in [1.82, 2.24) is 0 Å². The predicted molar refractivity (Wildman–Crippen MR) is 80.7 cm³/mol. The largest absolute Gasteiger partial charge is 0.468 e. The van der Waals surface area contributed by atoms with E-state index in [-0.39, 0.29) is 30.3 Å². The van der Waals surface area contributed by atoms with Crippen LogP contribution in [0.4, 0.5) is 0 Å². The minimum absolute atomic E-state index is 0.0719. The summed E-state index contributed by atoms with van der Waals surface area (Å²) >= 11 is 0. The summed E-state index contributed by atoms with van der Waals surface area (Å²) in [6.07, 6.45) is 6.81. The number of ketones is 2. The molecule has 0 N–H and O–H groups in total. The first kappa shape index (κ1) is 17.3. The Kier molecular flexibility index (Phi) is 6.53. The van der Waals surface area contributed by atoms with Gasteiger partial charge in [-0.15, -0.1) is 13.2 Å². The molecule has 1 saturated carbocycles. The Morgan fingerprint density at radius 2 is 2.10 bits per heavy atom.